The lowest BCUT2D eigenvalue weighted by Crippen LogP contribution is -2.14. The first kappa shape index (κ1) is 13.5. The van der Waals surface area contributed by atoms with Crippen molar-refractivity contribution in [1.82, 2.24) is 20.2 Å². The number of aromatic nitrogens is 4. The Bertz CT molecular complexity index is 599. The van der Waals surface area contributed by atoms with Gasteiger partial charge in [0.1, 0.15) is 12.3 Å². The standard InChI is InChI=1S/C11H11BrN4O3/c1-19-9-3-2-8(12)4-7(9)5-10-13-14-15-16(10)6-11(17)18/h2-4H,5-6H2,1H3,(H,17,18). The average Bonchev–Trinajstić information content (AvgIpc) is 2.76. The van der Waals surface area contributed by atoms with Crippen LogP contribution < -0.4 is 4.74 Å². The molecule has 0 aliphatic rings. The molecule has 0 spiro atoms. The molecule has 8 heteroatoms. The largest absolute Gasteiger partial charge is 0.496 e. The molecule has 1 N–H and O–H groups in total. The summed E-state index contributed by atoms with van der Waals surface area (Å²) < 4.78 is 7.41. The van der Waals surface area contributed by atoms with Gasteiger partial charge in [-0.25, -0.2) is 4.68 Å². The highest BCUT2D eigenvalue weighted by Gasteiger charge is 2.13. The van der Waals surface area contributed by atoms with Crippen LogP contribution in [0.15, 0.2) is 22.7 Å². The lowest BCUT2D eigenvalue weighted by Gasteiger charge is -2.08. The molecule has 1 aromatic heterocycles. The zero-order valence-electron chi connectivity index (χ0n) is 10.1. The van der Waals surface area contributed by atoms with Crippen molar-refractivity contribution in [2.75, 3.05) is 7.11 Å². The molecule has 19 heavy (non-hydrogen) atoms. The maximum absolute atomic E-state index is 10.7. The number of tetrazole rings is 1. The zero-order valence-corrected chi connectivity index (χ0v) is 11.7. The molecule has 2 rings (SSSR count). The second-order valence-electron chi connectivity index (χ2n) is 3.78. The fraction of sp³-hybridized carbons (Fsp3) is 0.273. The molecule has 0 unspecified atom stereocenters. The highest BCUT2D eigenvalue weighted by atomic mass is 79.9. The Morgan fingerprint density at radius 2 is 2.32 bits per heavy atom. The minimum atomic E-state index is -0.991. The van der Waals surface area contributed by atoms with Crippen molar-refractivity contribution < 1.29 is 14.6 Å². The van der Waals surface area contributed by atoms with Gasteiger partial charge in [0.05, 0.1) is 7.11 Å². The van der Waals surface area contributed by atoms with Crippen LogP contribution in [-0.4, -0.2) is 38.4 Å². The summed E-state index contributed by atoms with van der Waals surface area (Å²) in [4.78, 5) is 10.7. The summed E-state index contributed by atoms with van der Waals surface area (Å²) >= 11 is 3.38. The molecule has 0 saturated carbocycles. The van der Waals surface area contributed by atoms with Gasteiger partial charge in [0.15, 0.2) is 5.82 Å². The fourth-order valence-electron chi connectivity index (χ4n) is 1.66. The van der Waals surface area contributed by atoms with Crippen LogP contribution in [0.5, 0.6) is 5.75 Å². The Hall–Kier alpha value is -1.96. The van der Waals surface area contributed by atoms with Crippen LogP contribution >= 0.6 is 15.9 Å². The van der Waals surface area contributed by atoms with E-state index in [4.69, 9.17) is 9.84 Å². The number of benzene rings is 1. The molecule has 7 nitrogen and oxygen atoms in total. The Kier molecular flexibility index (Phi) is 4.10. The second kappa shape index (κ2) is 5.79. The van der Waals surface area contributed by atoms with Gasteiger partial charge in [-0.15, -0.1) is 5.10 Å². The molecule has 1 heterocycles. The molecular weight excluding hydrogens is 316 g/mol. The van der Waals surface area contributed by atoms with Crippen LogP contribution in [0.4, 0.5) is 0 Å². The summed E-state index contributed by atoms with van der Waals surface area (Å²) in [6, 6.07) is 5.58. The number of nitrogens with zero attached hydrogens (tertiary/aromatic N) is 4. The fourth-order valence-corrected chi connectivity index (χ4v) is 2.06. The first-order chi connectivity index (χ1) is 9.10. The average molecular weight is 327 g/mol. The Morgan fingerprint density at radius 3 is 3.00 bits per heavy atom. The van der Waals surface area contributed by atoms with E-state index in [1.165, 1.54) is 4.68 Å². The van der Waals surface area contributed by atoms with Crippen molar-refractivity contribution in [1.29, 1.82) is 0 Å². The van der Waals surface area contributed by atoms with Crippen LogP contribution in [0.25, 0.3) is 0 Å². The predicted octanol–water partition coefficient (Wildman–Crippen LogP) is 1.12. The number of aliphatic carboxylic acids is 1. The monoisotopic (exact) mass is 326 g/mol. The van der Waals surface area contributed by atoms with Gasteiger partial charge in [-0.05, 0) is 28.6 Å². The van der Waals surface area contributed by atoms with Gasteiger partial charge in [-0.2, -0.15) is 0 Å². The minimum Gasteiger partial charge on any atom is -0.496 e. The van der Waals surface area contributed by atoms with E-state index in [-0.39, 0.29) is 6.54 Å². The number of carbonyl (C=O) groups is 1. The van der Waals surface area contributed by atoms with Crippen LogP contribution in [-0.2, 0) is 17.8 Å². The zero-order chi connectivity index (χ0) is 13.8. The van der Waals surface area contributed by atoms with Gasteiger partial charge in [0, 0.05) is 16.5 Å². The van der Waals surface area contributed by atoms with Gasteiger partial charge < -0.3 is 9.84 Å². The molecule has 0 bridgehead atoms. The summed E-state index contributed by atoms with van der Waals surface area (Å²) in [7, 11) is 1.58. The molecular formula is C11H11BrN4O3. The SMILES string of the molecule is COc1ccc(Br)cc1Cc1nnnn1CC(=O)O. The number of carboxylic acid groups (broad SMARTS) is 1. The van der Waals surface area contributed by atoms with Gasteiger partial charge >= 0.3 is 5.97 Å². The molecule has 0 saturated heterocycles. The molecule has 0 radical (unpaired) electrons. The van der Waals surface area contributed by atoms with Crippen LogP contribution in [0.1, 0.15) is 11.4 Å². The van der Waals surface area contributed by atoms with E-state index < -0.39 is 5.97 Å². The molecule has 0 atom stereocenters. The number of carboxylic acids is 1. The highest BCUT2D eigenvalue weighted by Crippen LogP contribution is 2.24. The Morgan fingerprint density at radius 1 is 1.53 bits per heavy atom. The Balaban J connectivity index is 2.28. The first-order valence-corrected chi connectivity index (χ1v) is 6.18. The third-order valence-corrected chi connectivity index (χ3v) is 2.98. The number of halogens is 1. The molecule has 100 valence electrons. The molecule has 0 aliphatic heterocycles. The van der Waals surface area contributed by atoms with E-state index in [1.807, 2.05) is 18.2 Å². The van der Waals surface area contributed by atoms with E-state index in [0.29, 0.717) is 18.0 Å². The van der Waals surface area contributed by atoms with E-state index in [2.05, 4.69) is 31.5 Å². The quantitative estimate of drug-likeness (QED) is 0.885. The summed E-state index contributed by atoms with van der Waals surface area (Å²) in [6.07, 6.45) is 0.392. The van der Waals surface area contributed by atoms with E-state index in [9.17, 15) is 4.79 Å². The van der Waals surface area contributed by atoms with Gasteiger partial charge in [-0.3, -0.25) is 4.79 Å². The van der Waals surface area contributed by atoms with Crippen molar-refractivity contribution in [2.45, 2.75) is 13.0 Å². The maximum atomic E-state index is 10.7. The summed E-state index contributed by atoms with van der Waals surface area (Å²) in [6.45, 7) is -0.265. The molecule has 1 aromatic carbocycles. The van der Waals surface area contributed by atoms with Crippen molar-refractivity contribution in [3.63, 3.8) is 0 Å². The Labute approximate surface area is 117 Å². The summed E-state index contributed by atoms with van der Waals surface area (Å²) in [5, 5.41) is 19.8. The summed E-state index contributed by atoms with van der Waals surface area (Å²) in [5.74, 6) is 0.182. The number of ether oxygens (including phenoxy) is 1. The molecule has 0 aliphatic carbocycles. The minimum absolute atomic E-state index is 0.265. The van der Waals surface area contributed by atoms with Gasteiger partial charge in [0.25, 0.3) is 0 Å². The van der Waals surface area contributed by atoms with E-state index in [0.717, 1.165) is 10.0 Å². The highest BCUT2D eigenvalue weighted by molar-refractivity contribution is 9.10. The first-order valence-electron chi connectivity index (χ1n) is 5.39. The summed E-state index contributed by atoms with van der Waals surface area (Å²) in [5.41, 5.74) is 0.873. The predicted molar refractivity (Wildman–Crippen MR) is 69.0 cm³/mol. The van der Waals surface area contributed by atoms with E-state index >= 15 is 0 Å². The normalized spacial score (nSPS) is 10.4. The van der Waals surface area contributed by atoms with Gasteiger partial charge in [0.2, 0.25) is 0 Å². The van der Waals surface area contributed by atoms with E-state index in [1.54, 1.807) is 7.11 Å². The number of methoxy groups -OCH3 is 1. The van der Waals surface area contributed by atoms with Crippen molar-refractivity contribution in [2.24, 2.45) is 0 Å². The van der Waals surface area contributed by atoms with Crippen molar-refractivity contribution in [3.05, 3.63) is 34.1 Å². The number of hydrogen-bond donors (Lipinski definition) is 1. The lowest BCUT2D eigenvalue weighted by molar-refractivity contribution is -0.138. The van der Waals surface area contributed by atoms with Crippen LogP contribution in [0, 0.1) is 0 Å². The third kappa shape index (κ3) is 3.28. The van der Waals surface area contributed by atoms with Crippen molar-refractivity contribution >= 4 is 21.9 Å². The molecule has 0 fully saturated rings. The number of rotatable bonds is 5. The number of hydrogen-bond acceptors (Lipinski definition) is 5. The maximum Gasteiger partial charge on any atom is 0.325 e. The lowest BCUT2D eigenvalue weighted by atomic mass is 10.1. The molecule has 0 amide bonds. The van der Waals surface area contributed by atoms with Crippen LogP contribution in [0.2, 0.25) is 0 Å². The van der Waals surface area contributed by atoms with Gasteiger partial charge in [-0.1, -0.05) is 15.9 Å². The topological polar surface area (TPSA) is 90.1 Å². The molecule has 2 aromatic rings. The second-order valence-corrected chi connectivity index (χ2v) is 4.70. The third-order valence-electron chi connectivity index (χ3n) is 2.48. The smallest absolute Gasteiger partial charge is 0.325 e. The van der Waals surface area contributed by atoms with Crippen LogP contribution in [0.3, 0.4) is 0 Å². The van der Waals surface area contributed by atoms with Crippen molar-refractivity contribution in [3.8, 4) is 5.75 Å².